The zero-order chi connectivity index (χ0) is 13.9. The molecule has 106 valence electrons. The molecule has 3 rings (SSSR count). The molecular formula is C14H16BrN3O2. The lowest BCUT2D eigenvalue weighted by Crippen LogP contribution is -2.17. The Balaban J connectivity index is 1.52. The second-order valence-electron chi connectivity index (χ2n) is 4.72. The van der Waals surface area contributed by atoms with E-state index in [0.717, 1.165) is 41.2 Å². The quantitative estimate of drug-likeness (QED) is 0.850. The van der Waals surface area contributed by atoms with Crippen molar-refractivity contribution in [2.24, 2.45) is 7.05 Å². The van der Waals surface area contributed by atoms with Crippen molar-refractivity contribution in [1.82, 2.24) is 15.1 Å². The predicted octanol–water partition coefficient (Wildman–Crippen LogP) is 2.24. The summed E-state index contributed by atoms with van der Waals surface area (Å²) in [5.41, 5.74) is 2.27. The third-order valence-corrected chi connectivity index (χ3v) is 3.73. The Hall–Kier alpha value is -1.53. The number of fused-ring (bicyclic) bond motifs is 1. The minimum Gasteiger partial charge on any atom is -0.454 e. The molecule has 5 nitrogen and oxygen atoms in total. The van der Waals surface area contributed by atoms with E-state index in [1.165, 1.54) is 5.56 Å². The van der Waals surface area contributed by atoms with E-state index in [-0.39, 0.29) is 0 Å². The van der Waals surface area contributed by atoms with Crippen molar-refractivity contribution < 1.29 is 9.47 Å². The van der Waals surface area contributed by atoms with Gasteiger partial charge in [0.2, 0.25) is 6.79 Å². The summed E-state index contributed by atoms with van der Waals surface area (Å²) in [5.74, 6) is 1.60. The van der Waals surface area contributed by atoms with Gasteiger partial charge >= 0.3 is 0 Å². The van der Waals surface area contributed by atoms with E-state index in [0.29, 0.717) is 6.79 Å². The fourth-order valence-corrected chi connectivity index (χ4v) is 2.77. The lowest BCUT2D eigenvalue weighted by molar-refractivity contribution is 0.173. The fourth-order valence-electron chi connectivity index (χ4n) is 2.17. The molecule has 1 aliphatic rings. The summed E-state index contributed by atoms with van der Waals surface area (Å²) in [6, 6.07) is 6.11. The molecule has 0 bridgehead atoms. The minimum absolute atomic E-state index is 0.296. The zero-order valence-corrected chi connectivity index (χ0v) is 12.8. The number of nitrogens with zero attached hydrogens (tertiary/aromatic N) is 2. The highest BCUT2D eigenvalue weighted by Gasteiger charge is 2.17. The number of hydrogen-bond acceptors (Lipinski definition) is 4. The SMILES string of the molecule is Cn1ccc(CCNCc2cc(Br)c3c(c2)OCO3)n1. The molecule has 1 aromatic carbocycles. The Kier molecular flexibility index (Phi) is 3.93. The monoisotopic (exact) mass is 337 g/mol. The normalized spacial score (nSPS) is 12.9. The molecule has 0 saturated heterocycles. The van der Waals surface area contributed by atoms with Crippen LogP contribution in [-0.4, -0.2) is 23.1 Å². The Morgan fingerprint density at radius 2 is 2.30 bits per heavy atom. The van der Waals surface area contributed by atoms with Crippen LogP contribution >= 0.6 is 15.9 Å². The van der Waals surface area contributed by atoms with Crippen LogP contribution in [0.5, 0.6) is 11.5 Å². The van der Waals surface area contributed by atoms with Crippen molar-refractivity contribution in [2.45, 2.75) is 13.0 Å². The second-order valence-corrected chi connectivity index (χ2v) is 5.57. The van der Waals surface area contributed by atoms with Gasteiger partial charge in [-0.3, -0.25) is 4.68 Å². The number of aromatic nitrogens is 2. The lowest BCUT2D eigenvalue weighted by Gasteiger charge is -2.06. The predicted molar refractivity (Wildman–Crippen MR) is 78.9 cm³/mol. The van der Waals surface area contributed by atoms with Gasteiger partial charge in [0, 0.05) is 32.8 Å². The highest BCUT2D eigenvalue weighted by Crippen LogP contribution is 2.39. The molecule has 0 fully saturated rings. The van der Waals surface area contributed by atoms with E-state index in [9.17, 15) is 0 Å². The smallest absolute Gasteiger partial charge is 0.231 e. The van der Waals surface area contributed by atoms with Crippen molar-refractivity contribution in [3.05, 3.63) is 40.1 Å². The van der Waals surface area contributed by atoms with Gasteiger partial charge in [-0.1, -0.05) is 0 Å². The Morgan fingerprint density at radius 1 is 1.40 bits per heavy atom. The van der Waals surface area contributed by atoms with Crippen molar-refractivity contribution in [3.63, 3.8) is 0 Å². The molecule has 1 aromatic heterocycles. The van der Waals surface area contributed by atoms with E-state index < -0.39 is 0 Å². The number of hydrogen-bond donors (Lipinski definition) is 1. The first-order chi connectivity index (χ1) is 9.72. The van der Waals surface area contributed by atoms with Crippen molar-refractivity contribution in [2.75, 3.05) is 13.3 Å². The Labute approximate surface area is 126 Å². The van der Waals surface area contributed by atoms with Crippen molar-refractivity contribution >= 4 is 15.9 Å². The maximum atomic E-state index is 5.41. The highest BCUT2D eigenvalue weighted by atomic mass is 79.9. The highest BCUT2D eigenvalue weighted by molar-refractivity contribution is 9.10. The summed E-state index contributed by atoms with van der Waals surface area (Å²) in [6.45, 7) is 1.98. The molecule has 0 atom stereocenters. The minimum atomic E-state index is 0.296. The maximum Gasteiger partial charge on any atom is 0.231 e. The number of aryl methyl sites for hydroxylation is 1. The van der Waals surface area contributed by atoms with E-state index in [1.807, 2.05) is 30.1 Å². The first-order valence-electron chi connectivity index (χ1n) is 6.49. The summed E-state index contributed by atoms with van der Waals surface area (Å²) >= 11 is 3.50. The van der Waals surface area contributed by atoms with Gasteiger partial charge in [0.15, 0.2) is 11.5 Å². The van der Waals surface area contributed by atoms with Crippen LogP contribution < -0.4 is 14.8 Å². The van der Waals surface area contributed by atoms with Gasteiger partial charge in [0.25, 0.3) is 0 Å². The van der Waals surface area contributed by atoms with Crippen LogP contribution in [0, 0.1) is 0 Å². The van der Waals surface area contributed by atoms with Gasteiger partial charge in [0.05, 0.1) is 10.2 Å². The van der Waals surface area contributed by atoms with Crippen LogP contribution in [0.1, 0.15) is 11.3 Å². The Bertz CT molecular complexity index is 612. The molecule has 0 unspecified atom stereocenters. The van der Waals surface area contributed by atoms with Gasteiger partial charge < -0.3 is 14.8 Å². The first-order valence-corrected chi connectivity index (χ1v) is 7.29. The number of ether oxygens (including phenoxy) is 2. The summed E-state index contributed by atoms with van der Waals surface area (Å²) in [7, 11) is 1.93. The molecule has 0 aliphatic carbocycles. The maximum absolute atomic E-state index is 5.41. The number of benzene rings is 1. The third-order valence-electron chi connectivity index (χ3n) is 3.14. The van der Waals surface area contributed by atoms with Crippen molar-refractivity contribution in [1.29, 1.82) is 0 Å². The molecule has 0 saturated carbocycles. The van der Waals surface area contributed by atoms with Gasteiger partial charge in [-0.2, -0.15) is 5.10 Å². The molecule has 0 amide bonds. The number of halogens is 1. The average molecular weight is 338 g/mol. The second kappa shape index (κ2) is 5.85. The Morgan fingerprint density at radius 3 is 3.10 bits per heavy atom. The molecule has 0 spiro atoms. The fraction of sp³-hybridized carbons (Fsp3) is 0.357. The van der Waals surface area contributed by atoms with Crippen molar-refractivity contribution in [3.8, 4) is 11.5 Å². The molecule has 1 aliphatic heterocycles. The van der Waals surface area contributed by atoms with Crippen LogP contribution in [0.4, 0.5) is 0 Å². The molecule has 20 heavy (non-hydrogen) atoms. The number of nitrogens with one attached hydrogen (secondary N) is 1. The van der Waals surface area contributed by atoms with Crippen LogP contribution in [0.2, 0.25) is 0 Å². The molecule has 2 heterocycles. The summed E-state index contributed by atoms with van der Waals surface area (Å²) in [5, 5.41) is 7.76. The average Bonchev–Trinajstić information content (AvgIpc) is 3.04. The van der Waals surface area contributed by atoms with Gasteiger partial charge in [-0.15, -0.1) is 0 Å². The topological polar surface area (TPSA) is 48.3 Å². The largest absolute Gasteiger partial charge is 0.454 e. The van der Waals surface area contributed by atoms with Crippen LogP contribution in [-0.2, 0) is 20.0 Å². The molecule has 2 aromatic rings. The van der Waals surface area contributed by atoms with E-state index >= 15 is 0 Å². The molecule has 6 heteroatoms. The zero-order valence-electron chi connectivity index (χ0n) is 11.2. The van der Waals surface area contributed by atoms with Gasteiger partial charge in [-0.25, -0.2) is 0 Å². The number of rotatable bonds is 5. The standard InChI is InChI=1S/C14H16BrN3O2/c1-18-5-3-11(17-18)2-4-16-8-10-6-12(15)14-13(7-10)19-9-20-14/h3,5-7,16H,2,4,8-9H2,1H3. The van der Waals surface area contributed by atoms with E-state index in [1.54, 1.807) is 0 Å². The third kappa shape index (κ3) is 2.96. The van der Waals surface area contributed by atoms with E-state index in [2.05, 4.69) is 32.4 Å². The summed E-state index contributed by atoms with van der Waals surface area (Å²) < 4.78 is 13.5. The van der Waals surface area contributed by atoms with Crippen LogP contribution in [0.25, 0.3) is 0 Å². The van der Waals surface area contributed by atoms with Gasteiger partial charge in [-0.05, 0) is 39.7 Å². The molecule has 0 radical (unpaired) electrons. The van der Waals surface area contributed by atoms with E-state index in [4.69, 9.17) is 9.47 Å². The summed E-state index contributed by atoms with van der Waals surface area (Å²) in [6.07, 6.45) is 2.89. The lowest BCUT2D eigenvalue weighted by atomic mass is 10.2. The molecule has 1 N–H and O–H groups in total. The van der Waals surface area contributed by atoms with Crippen LogP contribution in [0.3, 0.4) is 0 Å². The van der Waals surface area contributed by atoms with Gasteiger partial charge in [0.1, 0.15) is 0 Å². The summed E-state index contributed by atoms with van der Waals surface area (Å²) in [4.78, 5) is 0. The first kappa shape index (κ1) is 13.5. The molecular weight excluding hydrogens is 322 g/mol. The van der Waals surface area contributed by atoms with Crippen LogP contribution in [0.15, 0.2) is 28.9 Å².